The van der Waals surface area contributed by atoms with E-state index in [1.807, 2.05) is 0 Å². The van der Waals surface area contributed by atoms with Gasteiger partial charge in [0.15, 0.2) is 5.69 Å². The summed E-state index contributed by atoms with van der Waals surface area (Å²) in [4.78, 5) is 14.4. The van der Waals surface area contributed by atoms with E-state index in [4.69, 9.17) is 0 Å². The Morgan fingerprint density at radius 2 is 2.21 bits per heavy atom. The van der Waals surface area contributed by atoms with Gasteiger partial charge in [-0.3, -0.25) is 4.79 Å². The lowest BCUT2D eigenvalue weighted by atomic mass is 10.4. The Balaban J connectivity index is 2.52. The molecule has 5 nitrogen and oxygen atoms in total. The Bertz CT molecular complexity index is 313. The summed E-state index contributed by atoms with van der Waals surface area (Å²) in [7, 11) is 0. The van der Waals surface area contributed by atoms with Crippen molar-refractivity contribution in [2.45, 2.75) is 6.18 Å². The van der Waals surface area contributed by atoms with E-state index in [9.17, 15) is 18.0 Å². The van der Waals surface area contributed by atoms with E-state index in [-0.39, 0.29) is 5.69 Å². The molecule has 0 fully saturated rings. The third-order valence-corrected chi connectivity index (χ3v) is 1.16. The summed E-state index contributed by atoms with van der Waals surface area (Å²) < 4.78 is 35.0. The third-order valence-electron chi connectivity index (χ3n) is 1.16. The lowest BCUT2D eigenvalue weighted by molar-refractivity contribution is -0.123. The highest BCUT2D eigenvalue weighted by Crippen LogP contribution is 2.12. The minimum absolute atomic E-state index is 0.253. The van der Waals surface area contributed by atoms with Gasteiger partial charge in [-0.2, -0.15) is 13.2 Å². The number of hydrogen-bond acceptors (Lipinski definition) is 4. The predicted octanol–water partition coefficient (Wildman–Crippen LogP) is 0.164. The molecular weight excluding hydrogens is 201 g/mol. The molecule has 0 bridgehead atoms. The Morgan fingerprint density at radius 1 is 1.50 bits per heavy atom. The quantitative estimate of drug-likeness (QED) is 0.748. The zero-order chi connectivity index (χ0) is 10.6. The second kappa shape index (κ2) is 3.99. The summed E-state index contributed by atoms with van der Waals surface area (Å²) in [6, 6.07) is 0. The summed E-state index contributed by atoms with van der Waals surface area (Å²) in [6.45, 7) is -1.40. The first-order valence-corrected chi connectivity index (χ1v) is 3.47. The van der Waals surface area contributed by atoms with E-state index >= 15 is 0 Å². The maximum Gasteiger partial charge on any atom is 0.405 e. The van der Waals surface area contributed by atoms with E-state index in [1.165, 1.54) is 0 Å². The maximum absolute atomic E-state index is 11.7. The lowest BCUT2D eigenvalue weighted by Crippen LogP contribution is -2.34. The van der Waals surface area contributed by atoms with Crippen molar-refractivity contribution in [3.05, 3.63) is 18.2 Å². The molecule has 0 saturated heterocycles. The molecule has 0 aliphatic carbocycles. The van der Waals surface area contributed by atoms with Gasteiger partial charge in [0, 0.05) is 0 Å². The molecule has 0 spiro atoms. The fourth-order valence-corrected chi connectivity index (χ4v) is 0.623. The first-order valence-electron chi connectivity index (χ1n) is 3.47. The van der Waals surface area contributed by atoms with Gasteiger partial charge in [0.1, 0.15) is 12.9 Å². The van der Waals surface area contributed by atoms with Crippen LogP contribution < -0.4 is 5.32 Å². The first kappa shape index (κ1) is 10.4. The van der Waals surface area contributed by atoms with Gasteiger partial charge in [-0.25, -0.2) is 4.98 Å². The second-order valence-electron chi connectivity index (χ2n) is 2.29. The molecule has 14 heavy (non-hydrogen) atoms. The van der Waals surface area contributed by atoms with E-state index in [0.717, 1.165) is 12.5 Å². The summed E-state index contributed by atoms with van der Waals surface area (Å²) in [6.07, 6.45) is -2.34. The van der Waals surface area contributed by atoms with Crippen LogP contribution in [-0.2, 0) is 0 Å². The Morgan fingerprint density at radius 3 is 2.71 bits per heavy atom. The highest BCUT2D eigenvalue weighted by Gasteiger charge is 2.28. The van der Waals surface area contributed by atoms with Crippen molar-refractivity contribution in [2.24, 2.45) is 0 Å². The van der Waals surface area contributed by atoms with Crippen LogP contribution in [-0.4, -0.2) is 33.8 Å². The number of halogens is 3. The molecule has 1 aromatic rings. The van der Waals surface area contributed by atoms with Gasteiger partial charge in [-0.05, 0) is 0 Å². The van der Waals surface area contributed by atoms with Gasteiger partial charge in [-0.1, -0.05) is 0 Å². The van der Waals surface area contributed by atoms with Gasteiger partial charge >= 0.3 is 6.18 Å². The molecule has 1 aromatic heterocycles. The number of hydrogen-bond donors (Lipinski definition) is 1. The average Bonchev–Trinajstić information content (AvgIpc) is 2.14. The molecule has 1 rings (SSSR count). The second-order valence-corrected chi connectivity index (χ2v) is 2.29. The van der Waals surface area contributed by atoms with Crippen LogP contribution in [0.15, 0.2) is 12.5 Å². The molecule has 0 unspecified atom stereocenters. The zero-order valence-electron chi connectivity index (χ0n) is 6.75. The molecular formula is C6H5F3N4O. The number of carbonyl (C=O) groups is 1. The van der Waals surface area contributed by atoms with E-state index in [2.05, 4.69) is 15.2 Å². The van der Waals surface area contributed by atoms with Crippen molar-refractivity contribution in [2.75, 3.05) is 6.54 Å². The van der Waals surface area contributed by atoms with E-state index < -0.39 is 18.6 Å². The number of nitrogens with zero attached hydrogens (tertiary/aromatic N) is 3. The van der Waals surface area contributed by atoms with Gasteiger partial charge in [0.2, 0.25) is 0 Å². The number of amides is 1. The van der Waals surface area contributed by atoms with Crippen molar-refractivity contribution >= 4 is 5.91 Å². The molecule has 1 amide bonds. The van der Waals surface area contributed by atoms with Gasteiger partial charge in [-0.15, -0.1) is 10.2 Å². The van der Waals surface area contributed by atoms with Crippen molar-refractivity contribution in [1.29, 1.82) is 0 Å². The summed E-state index contributed by atoms with van der Waals surface area (Å²) >= 11 is 0. The minimum Gasteiger partial charge on any atom is -0.341 e. The van der Waals surface area contributed by atoms with Crippen LogP contribution in [0.3, 0.4) is 0 Å². The standard InChI is InChI=1S/C6H5F3N4O/c7-6(8,9)2-11-5(14)4-1-10-3-12-13-4/h1,3H,2H2,(H,11,14). The molecule has 1 heterocycles. The fraction of sp³-hybridized carbons (Fsp3) is 0.333. The van der Waals surface area contributed by atoms with Crippen LogP contribution in [0, 0.1) is 0 Å². The van der Waals surface area contributed by atoms with Crippen molar-refractivity contribution in [1.82, 2.24) is 20.5 Å². The smallest absolute Gasteiger partial charge is 0.341 e. The van der Waals surface area contributed by atoms with Crippen LogP contribution in [0.5, 0.6) is 0 Å². The normalized spacial score (nSPS) is 11.1. The van der Waals surface area contributed by atoms with E-state index in [1.54, 1.807) is 5.32 Å². The highest BCUT2D eigenvalue weighted by atomic mass is 19.4. The molecule has 0 aliphatic heterocycles. The zero-order valence-corrected chi connectivity index (χ0v) is 6.75. The number of rotatable bonds is 2. The molecule has 76 valence electrons. The van der Waals surface area contributed by atoms with Crippen LogP contribution in [0.1, 0.15) is 10.5 Å². The van der Waals surface area contributed by atoms with Crippen LogP contribution >= 0.6 is 0 Å². The number of aromatic nitrogens is 3. The van der Waals surface area contributed by atoms with E-state index in [0.29, 0.717) is 0 Å². The molecule has 8 heteroatoms. The first-order chi connectivity index (χ1) is 6.49. The summed E-state index contributed by atoms with van der Waals surface area (Å²) in [5.41, 5.74) is -0.253. The average molecular weight is 206 g/mol. The van der Waals surface area contributed by atoms with Crippen molar-refractivity contribution in [3.8, 4) is 0 Å². The fourth-order valence-electron chi connectivity index (χ4n) is 0.623. The lowest BCUT2D eigenvalue weighted by Gasteiger charge is -2.06. The molecule has 0 radical (unpaired) electrons. The Labute approximate surface area is 76.4 Å². The topological polar surface area (TPSA) is 67.8 Å². The molecule has 0 aliphatic rings. The maximum atomic E-state index is 11.7. The van der Waals surface area contributed by atoms with Gasteiger partial charge in [0.05, 0.1) is 6.20 Å². The van der Waals surface area contributed by atoms with Crippen LogP contribution in [0.4, 0.5) is 13.2 Å². The Hall–Kier alpha value is -1.73. The van der Waals surface area contributed by atoms with Gasteiger partial charge in [0.25, 0.3) is 5.91 Å². The third kappa shape index (κ3) is 3.33. The van der Waals surface area contributed by atoms with Gasteiger partial charge < -0.3 is 5.32 Å². The predicted molar refractivity (Wildman–Crippen MR) is 38.2 cm³/mol. The number of alkyl halides is 3. The largest absolute Gasteiger partial charge is 0.405 e. The highest BCUT2D eigenvalue weighted by molar-refractivity contribution is 5.91. The Kier molecular flexibility index (Phi) is 2.95. The summed E-state index contributed by atoms with van der Waals surface area (Å²) in [5, 5.41) is 8.17. The molecule has 0 saturated carbocycles. The van der Waals surface area contributed by atoms with Crippen LogP contribution in [0.25, 0.3) is 0 Å². The summed E-state index contributed by atoms with van der Waals surface area (Å²) in [5.74, 6) is -0.956. The molecule has 0 aromatic carbocycles. The minimum atomic E-state index is -4.44. The van der Waals surface area contributed by atoms with Crippen molar-refractivity contribution < 1.29 is 18.0 Å². The number of nitrogens with one attached hydrogen (secondary N) is 1. The monoisotopic (exact) mass is 206 g/mol. The number of carbonyl (C=O) groups excluding carboxylic acids is 1. The molecule has 0 atom stereocenters. The SMILES string of the molecule is O=C(NCC(F)(F)F)c1cncnn1. The molecule has 1 N–H and O–H groups in total. The van der Waals surface area contributed by atoms with Crippen molar-refractivity contribution in [3.63, 3.8) is 0 Å². The van der Waals surface area contributed by atoms with Crippen LogP contribution in [0.2, 0.25) is 0 Å².